The van der Waals surface area contributed by atoms with Gasteiger partial charge >= 0.3 is 5.97 Å². The third-order valence-electron chi connectivity index (χ3n) is 2.97. The summed E-state index contributed by atoms with van der Waals surface area (Å²) < 4.78 is 6.29. The lowest BCUT2D eigenvalue weighted by atomic mass is 10.0. The fourth-order valence-electron chi connectivity index (χ4n) is 2.11. The SMILES string of the molecule is COC(=O)C(CC(C)C)Nc1c(C(N)=O)c(C)nn1C. The fourth-order valence-corrected chi connectivity index (χ4v) is 2.11. The van der Waals surface area contributed by atoms with E-state index in [2.05, 4.69) is 10.4 Å². The lowest BCUT2D eigenvalue weighted by molar-refractivity contribution is -0.141. The number of methoxy groups -OCH3 is 1. The number of ether oxygens (including phenoxy) is 1. The summed E-state index contributed by atoms with van der Waals surface area (Å²) in [5, 5.41) is 7.18. The quantitative estimate of drug-likeness (QED) is 0.753. The van der Waals surface area contributed by atoms with Crippen molar-refractivity contribution in [1.82, 2.24) is 9.78 Å². The maximum absolute atomic E-state index is 11.8. The number of carbonyl (C=O) groups excluding carboxylic acids is 2. The molecule has 1 heterocycles. The van der Waals surface area contributed by atoms with Crippen LogP contribution >= 0.6 is 0 Å². The first-order chi connectivity index (χ1) is 9.27. The highest BCUT2D eigenvalue weighted by Gasteiger charge is 2.25. The molecular weight excluding hydrogens is 260 g/mol. The zero-order valence-corrected chi connectivity index (χ0v) is 12.6. The zero-order chi connectivity index (χ0) is 15.4. The molecule has 7 heteroatoms. The lowest BCUT2D eigenvalue weighted by Crippen LogP contribution is -2.33. The van der Waals surface area contributed by atoms with E-state index in [1.165, 1.54) is 11.8 Å². The summed E-state index contributed by atoms with van der Waals surface area (Å²) in [6, 6.07) is -0.548. The number of anilines is 1. The molecule has 0 radical (unpaired) electrons. The maximum atomic E-state index is 11.8. The number of aryl methyl sites for hydroxylation is 2. The van der Waals surface area contributed by atoms with E-state index in [0.29, 0.717) is 23.5 Å². The van der Waals surface area contributed by atoms with Gasteiger partial charge in [-0.15, -0.1) is 0 Å². The Hall–Kier alpha value is -2.05. The van der Waals surface area contributed by atoms with Crippen LogP contribution in [-0.4, -0.2) is 34.8 Å². The average molecular weight is 282 g/mol. The highest BCUT2D eigenvalue weighted by molar-refractivity contribution is 5.99. The number of rotatable bonds is 6. The molecule has 1 aromatic heterocycles. The second-order valence-electron chi connectivity index (χ2n) is 5.15. The monoisotopic (exact) mass is 282 g/mol. The topological polar surface area (TPSA) is 99.2 Å². The largest absolute Gasteiger partial charge is 0.467 e. The maximum Gasteiger partial charge on any atom is 0.328 e. The van der Waals surface area contributed by atoms with E-state index in [-0.39, 0.29) is 11.9 Å². The van der Waals surface area contributed by atoms with Crippen molar-refractivity contribution >= 4 is 17.7 Å². The van der Waals surface area contributed by atoms with E-state index in [1.807, 2.05) is 13.8 Å². The summed E-state index contributed by atoms with van der Waals surface area (Å²) >= 11 is 0. The number of hydrogen-bond donors (Lipinski definition) is 2. The Bertz CT molecular complexity index is 508. The van der Waals surface area contributed by atoms with Gasteiger partial charge in [0.05, 0.1) is 12.8 Å². The summed E-state index contributed by atoms with van der Waals surface area (Å²) in [6.45, 7) is 5.70. The number of esters is 1. The molecule has 0 aliphatic heterocycles. The molecule has 0 bridgehead atoms. The van der Waals surface area contributed by atoms with Crippen molar-refractivity contribution < 1.29 is 14.3 Å². The summed E-state index contributed by atoms with van der Waals surface area (Å²) in [5.74, 6) is -0.233. The molecule has 3 N–H and O–H groups in total. The summed E-state index contributed by atoms with van der Waals surface area (Å²) in [6.07, 6.45) is 0.578. The molecule has 0 aliphatic carbocycles. The Morgan fingerprint density at radius 3 is 2.50 bits per heavy atom. The molecule has 7 nitrogen and oxygen atoms in total. The highest BCUT2D eigenvalue weighted by atomic mass is 16.5. The zero-order valence-electron chi connectivity index (χ0n) is 12.6. The molecule has 1 amide bonds. The molecule has 1 aromatic rings. The summed E-state index contributed by atoms with van der Waals surface area (Å²) in [4.78, 5) is 23.3. The number of primary amides is 1. The van der Waals surface area contributed by atoms with Crippen LogP contribution in [0.1, 0.15) is 36.3 Å². The minimum Gasteiger partial charge on any atom is -0.467 e. The Balaban J connectivity index is 3.10. The van der Waals surface area contributed by atoms with Gasteiger partial charge < -0.3 is 15.8 Å². The van der Waals surface area contributed by atoms with Gasteiger partial charge in [-0.2, -0.15) is 5.10 Å². The normalized spacial score (nSPS) is 12.3. The van der Waals surface area contributed by atoms with Crippen LogP contribution in [0.3, 0.4) is 0 Å². The lowest BCUT2D eigenvalue weighted by Gasteiger charge is -2.20. The van der Waals surface area contributed by atoms with Crippen molar-refractivity contribution in [3.63, 3.8) is 0 Å². The van der Waals surface area contributed by atoms with Crippen LogP contribution in [0.15, 0.2) is 0 Å². The van der Waals surface area contributed by atoms with Crippen LogP contribution in [0.25, 0.3) is 0 Å². The first-order valence-corrected chi connectivity index (χ1v) is 6.45. The first kappa shape index (κ1) is 16.0. The molecule has 0 aliphatic rings. The smallest absolute Gasteiger partial charge is 0.328 e. The Kier molecular flexibility index (Phi) is 5.12. The predicted octanol–water partition coefficient (Wildman–Crippen LogP) is 0.827. The molecule has 20 heavy (non-hydrogen) atoms. The van der Waals surface area contributed by atoms with Crippen molar-refractivity contribution in [2.75, 3.05) is 12.4 Å². The molecule has 1 rings (SSSR count). The van der Waals surface area contributed by atoms with Crippen molar-refractivity contribution in [2.24, 2.45) is 18.7 Å². The number of nitrogens with zero attached hydrogens (tertiary/aromatic N) is 2. The first-order valence-electron chi connectivity index (χ1n) is 6.45. The summed E-state index contributed by atoms with van der Waals surface area (Å²) in [5.41, 5.74) is 6.19. The molecule has 0 spiro atoms. The van der Waals surface area contributed by atoms with Crippen molar-refractivity contribution in [3.8, 4) is 0 Å². The van der Waals surface area contributed by atoms with Gasteiger partial charge in [-0.3, -0.25) is 9.48 Å². The number of nitrogens with two attached hydrogens (primary N) is 1. The van der Waals surface area contributed by atoms with Gasteiger partial charge in [-0.05, 0) is 19.3 Å². The van der Waals surface area contributed by atoms with Gasteiger partial charge in [0.15, 0.2) is 0 Å². The van der Waals surface area contributed by atoms with Crippen LogP contribution in [-0.2, 0) is 16.6 Å². The number of nitrogens with one attached hydrogen (secondary N) is 1. The van der Waals surface area contributed by atoms with E-state index in [9.17, 15) is 9.59 Å². The number of amides is 1. The number of aromatic nitrogens is 2. The van der Waals surface area contributed by atoms with E-state index in [4.69, 9.17) is 10.5 Å². The van der Waals surface area contributed by atoms with Crippen LogP contribution in [0.4, 0.5) is 5.82 Å². The third kappa shape index (κ3) is 3.49. The van der Waals surface area contributed by atoms with Gasteiger partial charge in [0.2, 0.25) is 0 Å². The molecular formula is C13H22N4O3. The molecule has 0 saturated carbocycles. The van der Waals surface area contributed by atoms with E-state index in [1.54, 1.807) is 14.0 Å². The Labute approximate surface area is 118 Å². The second-order valence-corrected chi connectivity index (χ2v) is 5.15. The van der Waals surface area contributed by atoms with Gasteiger partial charge in [-0.25, -0.2) is 4.79 Å². The Morgan fingerprint density at radius 1 is 1.45 bits per heavy atom. The highest BCUT2D eigenvalue weighted by Crippen LogP contribution is 2.21. The molecule has 112 valence electrons. The minimum atomic E-state index is -0.578. The molecule has 0 aromatic carbocycles. The van der Waals surface area contributed by atoms with Gasteiger partial charge in [0, 0.05) is 7.05 Å². The number of hydrogen-bond acceptors (Lipinski definition) is 5. The third-order valence-corrected chi connectivity index (χ3v) is 2.97. The van der Waals surface area contributed by atoms with Crippen molar-refractivity contribution in [1.29, 1.82) is 0 Å². The molecule has 1 unspecified atom stereocenters. The van der Waals surface area contributed by atoms with Crippen molar-refractivity contribution in [3.05, 3.63) is 11.3 Å². The van der Waals surface area contributed by atoms with Gasteiger partial charge in [0.25, 0.3) is 5.91 Å². The van der Waals surface area contributed by atoms with Crippen LogP contribution < -0.4 is 11.1 Å². The van der Waals surface area contributed by atoms with Crippen LogP contribution in [0.5, 0.6) is 0 Å². The molecule has 1 atom stereocenters. The Morgan fingerprint density at radius 2 is 2.05 bits per heavy atom. The average Bonchev–Trinajstić information content (AvgIpc) is 2.61. The molecule has 0 fully saturated rings. The molecule has 0 saturated heterocycles. The fraction of sp³-hybridized carbons (Fsp3) is 0.615. The standard InChI is InChI=1S/C13H22N4O3/c1-7(2)6-9(13(19)20-5)15-12-10(11(14)18)8(3)16-17(12)4/h7,9,15H,6H2,1-5H3,(H2,14,18). The number of carbonyl (C=O) groups is 2. The van der Waals surface area contributed by atoms with E-state index >= 15 is 0 Å². The van der Waals surface area contributed by atoms with E-state index in [0.717, 1.165) is 0 Å². The summed E-state index contributed by atoms with van der Waals surface area (Å²) in [7, 11) is 3.02. The van der Waals surface area contributed by atoms with Crippen LogP contribution in [0, 0.1) is 12.8 Å². The predicted molar refractivity (Wildman–Crippen MR) is 75.3 cm³/mol. The second kappa shape index (κ2) is 6.40. The van der Waals surface area contributed by atoms with E-state index < -0.39 is 11.9 Å². The minimum absolute atomic E-state index is 0.290. The van der Waals surface area contributed by atoms with Gasteiger partial charge in [0.1, 0.15) is 17.4 Å². The van der Waals surface area contributed by atoms with Crippen molar-refractivity contribution in [2.45, 2.75) is 33.2 Å². The van der Waals surface area contributed by atoms with Gasteiger partial charge in [-0.1, -0.05) is 13.8 Å². The van der Waals surface area contributed by atoms with Crippen LogP contribution in [0.2, 0.25) is 0 Å².